The van der Waals surface area contributed by atoms with Crippen LogP contribution < -0.4 is 10.6 Å². The highest BCUT2D eigenvalue weighted by Gasteiger charge is 2.26. The van der Waals surface area contributed by atoms with E-state index in [1.165, 1.54) is 32.1 Å². The fourth-order valence-electron chi connectivity index (χ4n) is 3.77. The van der Waals surface area contributed by atoms with Gasteiger partial charge in [0.05, 0.1) is 11.3 Å². The topological polar surface area (TPSA) is 69.8 Å². The molecule has 0 unspecified atom stereocenters. The smallest absolute Gasteiger partial charge is 0.337 e. The van der Waals surface area contributed by atoms with E-state index in [0.717, 1.165) is 37.9 Å². The van der Waals surface area contributed by atoms with Crippen LogP contribution in [0.25, 0.3) is 0 Å². The van der Waals surface area contributed by atoms with Gasteiger partial charge in [0.2, 0.25) is 0 Å². The summed E-state index contributed by atoms with van der Waals surface area (Å²) >= 11 is 0. The summed E-state index contributed by atoms with van der Waals surface area (Å²) in [6.45, 7) is 3.82. The Morgan fingerprint density at radius 1 is 1.09 bits per heavy atom. The zero-order valence-corrected chi connectivity index (χ0v) is 13.0. The maximum Gasteiger partial charge on any atom is 0.337 e. The van der Waals surface area contributed by atoms with Crippen LogP contribution in [0.1, 0.15) is 42.5 Å². The van der Waals surface area contributed by atoms with Crippen LogP contribution in [0.4, 0.5) is 11.4 Å². The number of carbonyl (C=O) groups is 1. The van der Waals surface area contributed by atoms with Crippen molar-refractivity contribution in [3.05, 3.63) is 23.8 Å². The summed E-state index contributed by atoms with van der Waals surface area (Å²) in [5.74, 6) is -0.906. The number of anilines is 2. The molecule has 22 heavy (non-hydrogen) atoms. The predicted molar refractivity (Wildman–Crippen MR) is 88.5 cm³/mol. The number of carboxylic acid groups (broad SMARTS) is 1. The molecule has 120 valence electrons. The molecule has 1 heterocycles. The van der Waals surface area contributed by atoms with Crippen molar-refractivity contribution in [1.82, 2.24) is 4.90 Å². The first-order chi connectivity index (χ1) is 10.6. The molecular formula is C17H25N3O2. The molecule has 2 aliphatic rings. The van der Waals surface area contributed by atoms with Crippen molar-refractivity contribution < 1.29 is 9.90 Å². The first-order valence-corrected chi connectivity index (χ1v) is 8.27. The highest BCUT2D eigenvalue weighted by atomic mass is 16.4. The Bertz CT molecular complexity index is 533. The molecule has 0 aromatic heterocycles. The Labute approximate surface area is 131 Å². The van der Waals surface area contributed by atoms with E-state index in [2.05, 4.69) is 9.80 Å². The second-order valence-corrected chi connectivity index (χ2v) is 6.40. The standard InChI is InChI=1S/C17H25N3O2/c18-13-6-7-16(15(12-13)17(21)22)20-10-8-19(9-11-20)14-4-2-1-3-5-14/h6-7,12,14H,1-5,8-11,18H2,(H,21,22). The maximum atomic E-state index is 11.4. The minimum Gasteiger partial charge on any atom is -0.478 e. The molecule has 2 fully saturated rings. The first kappa shape index (κ1) is 15.2. The van der Waals surface area contributed by atoms with Crippen LogP contribution in [0.15, 0.2) is 18.2 Å². The average molecular weight is 303 g/mol. The molecular weight excluding hydrogens is 278 g/mol. The number of rotatable bonds is 3. The van der Waals surface area contributed by atoms with Crippen LogP contribution in [0.5, 0.6) is 0 Å². The van der Waals surface area contributed by atoms with Gasteiger partial charge in [-0.05, 0) is 31.0 Å². The van der Waals surface area contributed by atoms with Crippen LogP contribution in [0.3, 0.4) is 0 Å². The highest BCUT2D eigenvalue weighted by Crippen LogP contribution is 2.27. The minimum absolute atomic E-state index is 0.311. The summed E-state index contributed by atoms with van der Waals surface area (Å²) in [5, 5.41) is 9.38. The molecule has 1 saturated carbocycles. The quantitative estimate of drug-likeness (QED) is 0.839. The fourth-order valence-corrected chi connectivity index (χ4v) is 3.77. The van der Waals surface area contributed by atoms with E-state index in [1.807, 2.05) is 6.07 Å². The molecule has 5 heteroatoms. The van der Waals surface area contributed by atoms with Gasteiger partial charge >= 0.3 is 5.97 Å². The van der Waals surface area contributed by atoms with Gasteiger partial charge < -0.3 is 15.7 Å². The lowest BCUT2D eigenvalue weighted by Crippen LogP contribution is -2.51. The number of nitrogens with two attached hydrogens (primary N) is 1. The lowest BCUT2D eigenvalue weighted by atomic mass is 9.94. The van der Waals surface area contributed by atoms with Gasteiger partial charge in [0.1, 0.15) is 0 Å². The Morgan fingerprint density at radius 3 is 2.41 bits per heavy atom. The third-order valence-electron chi connectivity index (χ3n) is 5.00. The fraction of sp³-hybridized carbons (Fsp3) is 0.588. The average Bonchev–Trinajstić information content (AvgIpc) is 2.56. The van der Waals surface area contributed by atoms with Crippen molar-refractivity contribution in [2.24, 2.45) is 0 Å². The largest absolute Gasteiger partial charge is 0.478 e. The van der Waals surface area contributed by atoms with Gasteiger partial charge in [0.15, 0.2) is 0 Å². The zero-order valence-electron chi connectivity index (χ0n) is 13.0. The maximum absolute atomic E-state index is 11.4. The first-order valence-electron chi connectivity index (χ1n) is 8.27. The number of carboxylic acids is 1. The molecule has 1 aromatic carbocycles. The molecule has 0 bridgehead atoms. The summed E-state index contributed by atoms with van der Waals surface area (Å²) in [4.78, 5) is 16.2. The van der Waals surface area contributed by atoms with Gasteiger partial charge in [-0.1, -0.05) is 19.3 Å². The molecule has 0 spiro atoms. The van der Waals surface area contributed by atoms with Crippen molar-refractivity contribution in [2.75, 3.05) is 36.8 Å². The third kappa shape index (κ3) is 3.19. The molecule has 0 amide bonds. The van der Waals surface area contributed by atoms with Crippen molar-refractivity contribution in [3.63, 3.8) is 0 Å². The van der Waals surface area contributed by atoms with Gasteiger partial charge in [0, 0.05) is 37.9 Å². The monoisotopic (exact) mass is 303 g/mol. The summed E-state index contributed by atoms with van der Waals surface area (Å²) < 4.78 is 0. The second-order valence-electron chi connectivity index (χ2n) is 6.40. The Balaban J connectivity index is 1.67. The van der Waals surface area contributed by atoms with Crippen molar-refractivity contribution in [1.29, 1.82) is 0 Å². The van der Waals surface area contributed by atoms with Crippen LogP contribution in [0, 0.1) is 0 Å². The lowest BCUT2D eigenvalue weighted by Gasteiger charge is -2.41. The number of piperazine rings is 1. The molecule has 1 saturated heterocycles. The Kier molecular flexibility index (Phi) is 4.52. The van der Waals surface area contributed by atoms with Crippen LogP contribution in [-0.4, -0.2) is 48.2 Å². The van der Waals surface area contributed by atoms with E-state index in [0.29, 0.717) is 11.3 Å². The predicted octanol–water partition coefficient (Wildman–Crippen LogP) is 2.42. The van der Waals surface area contributed by atoms with E-state index in [9.17, 15) is 9.90 Å². The molecule has 3 rings (SSSR count). The lowest BCUT2D eigenvalue weighted by molar-refractivity contribution is 0.0697. The summed E-state index contributed by atoms with van der Waals surface area (Å²) in [5.41, 5.74) is 7.33. The normalized spacial score (nSPS) is 21.0. The number of nitrogen functional groups attached to an aromatic ring is 1. The molecule has 1 aliphatic carbocycles. The van der Waals surface area contributed by atoms with Crippen LogP contribution >= 0.6 is 0 Å². The SMILES string of the molecule is Nc1ccc(N2CCN(C3CCCCC3)CC2)c(C(=O)O)c1. The molecule has 3 N–H and O–H groups in total. The molecule has 0 radical (unpaired) electrons. The van der Waals surface area contributed by atoms with E-state index < -0.39 is 5.97 Å². The number of benzene rings is 1. The number of hydrogen-bond donors (Lipinski definition) is 2. The number of aromatic carboxylic acids is 1. The van der Waals surface area contributed by atoms with Crippen molar-refractivity contribution in [2.45, 2.75) is 38.1 Å². The molecule has 1 aromatic rings. The van der Waals surface area contributed by atoms with Crippen molar-refractivity contribution >= 4 is 17.3 Å². The Morgan fingerprint density at radius 2 is 1.77 bits per heavy atom. The van der Waals surface area contributed by atoms with E-state index >= 15 is 0 Å². The van der Waals surface area contributed by atoms with E-state index in [4.69, 9.17) is 5.73 Å². The second kappa shape index (κ2) is 6.57. The van der Waals surface area contributed by atoms with Gasteiger partial charge in [-0.25, -0.2) is 4.79 Å². The minimum atomic E-state index is -0.906. The van der Waals surface area contributed by atoms with Crippen LogP contribution in [0.2, 0.25) is 0 Å². The van der Waals surface area contributed by atoms with Gasteiger partial charge in [-0.15, -0.1) is 0 Å². The van der Waals surface area contributed by atoms with Crippen LogP contribution in [-0.2, 0) is 0 Å². The Hall–Kier alpha value is -1.75. The third-order valence-corrected chi connectivity index (χ3v) is 5.00. The zero-order chi connectivity index (χ0) is 15.5. The van der Waals surface area contributed by atoms with Gasteiger partial charge in [-0.2, -0.15) is 0 Å². The van der Waals surface area contributed by atoms with Gasteiger partial charge in [0.25, 0.3) is 0 Å². The number of hydrogen-bond acceptors (Lipinski definition) is 4. The number of nitrogens with zero attached hydrogens (tertiary/aromatic N) is 2. The molecule has 0 atom stereocenters. The van der Waals surface area contributed by atoms with Gasteiger partial charge in [-0.3, -0.25) is 4.90 Å². The summed E-state index contributed by atoms with van der Waals surface area (Å²) in [7, 11) is 0. The highest BCUT2D eigenvalue weighted by molar-refractivity contribution is 5.95. The van der Waals surface area contributed by atoms with Crippen molar-refractivity contribution in [3.8, 4) is 0 Å². The summed E-state index contributed by atoms with van der Waals surface area (Å²) in [6, 6.07) is 5.93. The van der Waals surface area contributed by atoms with E-state index in [1.54, 1.807) is 12.1 Å². The molecule has 1 aliphatic heterocycles. The summed E-state index contributed by atoms with van der Waals surface area (Å²) in [6.07, 6.45) is 6.73. The molecule has 5 nitrogen and oxygen atoms in total. The van der Waals surface area contributed by atoms with E-state index in [-0.39, 0.29) is 0 Å².